The highest BCUT2D eigenvalue weighted by Crippen LogP contribution is 2.28. The molecule has 0 unspecified atom stereocenters. The molecule has 0 radical (unpaired) electrons. The van der Waals surface area contributed by atoms with Crippen molar-refractivity contribution < 1.29 is 9.13 Å². The third-order valence-corrected chi connectivity index (χ3v) is 3.13. The van der Waals surface area contributed by atoms with Crippen molar-refractivity contribution in [2.75, 3.05) is 18.5 Å². The van der Waals surface area contributed by atoms with Gasteiger partial charge in [0.05, 0.1) is 10.0 Å². The molecule has 5 heteroatoms. The Bertz CT molecular complexity index is 357. The Morgan fingerprint density at radius 2 is 1.75 bits per heavy atom. The molecule has 1 N–H and O–H groups in total. The Balaban J connectivity index is 2.09. The molecule has 0 amide bonds. The summed E-state index contributed by atoms with van der Waals surface area (Å²) >= 11 is 11.4. The quantitative estimate of drug-likeness (QED) is 0.822. The lowest BCUT2D eigenvalue weighted by Gasteiger charge is -2.24. The van der Waals surface area contributed by atoms with E-state index in [2.05, 4.69) is 5.32 Å². The minimum absolute atomic E-state index is 0.0436. The SMILES string of the molecule is Fc1c(Cl)cc(NC2CCOCC2)cc1Cl. The second-order valence-corrected chi connectivity index (χ2v) is 4.60. The van der Waals surface area contributed by atoms with Crippen molar-refractivity contribution in [2.24, 2.45) is 0 Å². The van der Waals surface area contributed by atoms with Crippen molar-refractivity contribution >= 4 is 28.9 Å². The molecular formula is C11H12Cl2FNO. The number of hydrogen-bond acceptors (Lipinski definition) is 2. The van der Waals surface area contributed by atoms with E-state index in [0.717, 1.165) is 31.7 Å². The van der Waals surface area contributed by atoms with Crippen molar-refractivity contribution in [3.05, 3.63) is 28.0 Å². The number of rotatable bonds is 2. The van der Waals surface area contributed by atoms with E-state index in [9.17, 15) is 4.39 Å². The van der Waals surface area contributed by atoms with Crippen LogP contribution in [0.15, 0.2) is 12.1 Å². The number of ether oxygens (including phenoxy) is 1. The molecule has 1 aliphatic rings. The number of hydrogen-bond donors (Lipinski definition) is 1. The summed E-state index contributed by atoms with van der Waals surface area (Å²) < 4.78 is 18.4. The molecule has 0 atom stereocenters. The monoisotopic (exact) mass is 263 g/mol. The summed E-state index contributed by atoms with van der Waals surface area (Å²) in [6.45, 7) is 1.50. The summed E-state index contributed by atoms with van der Waals surface area (Å²) in [5.74, 6) is -0.569. The van der Waals surface area contributed by atoms with E-state index in [4.69, 9.17) is 27.9 Å². The Hall–Kier alpha value is -0.510. The third-order valence-electron chi connectivity index (χ3n) is 2.58. The minimum atomic E-state index is -0.569. The molecule has 1 heterocycles. The van der Waals surface area contributed by atoms with E-state index < -0.39 is 5.82 Å². The van der Waals surface area contributed by atoms with Crippen molar-refractivity contribution in [1.29, 1.82) is 0 Å². The third kappa shape index (κ3) is 2.78. The van der Waals surface area contributed by atoms with Crippen molar-refractivity contribution in [1.82, 2.24) is 0 Å². The van der Waals surface area contributed by atoms with Gasteiger partial charge < -0.3 is 10.1 Å². The zero-order valence-corrected chi connectivity index (χ0v) is 10.1. The average molecular weight is 264 g/mol. The summed E-state index contributed by atoms with van der Waals surface area (Å²) in [7, 11) is 0. The van der Waals surface area contributed by atoms with Gasteiger partial charge in [-0.25, -0.2) is 4.39 Å². The number of anilines is 1. The average Bonchev–Trinajstić information content (AvgIpc) is 2.27. The number of benzene rings is 1. The number of nitrogens with one attached hydrogen (secondary N) is 1. The van der Waals surface area contributed by atoms with E-state index in [1.54, 1.807) is 12.1 Å². The van der Waals surface area contributed by atoms with Gasteiger partial charge in [-0.1, -0.05) is 23.2 Å². The summed E-state index contributed by atoms with van der Waals surface area (Å²) in [6, 6.07) is 3.45. The van der Waals surface area contributed by atoms with Crippen LogP contribution in [0.1, 0.15) is 12.8 Å². The Labute approximate surface area is 104 Å². The molecule has 88 valence electrons. The maximum atomic E-state index is 13.2. The van der Waals surface area contributed by atoms with Crippen molar-refractivity contribution in [3.63, 3.8) is 0 Å². The van der Waals surface area contributed by atoms with Crippen LogP contribution in [0, 0.1) is 5.82 Å². The van der Waals surface area contributed by atoms with Crippen LogP contribution < -0.4 is 5.32 Å². The lowest BCUT2D eigenvalue weighted by Crippen LogP contribution is -2.27. The van der Waals surface area contributed by atoms with Gasteiger partial charge in [0.2, 0.25) is 0 Å². The maximum Gasteiger partial charge on any atom is 0.160 e. The van der Waals surface area contributed by atoms with Gasteiger partial charge >= 0.3 is 0 Å². The van der Waals surface area contributed by atoms with Crippen LogP contribution in [-0.2, 0) is 4.74 Å². The molecule has 1 saturated heterocycles. The fraction of sp³-hybridized carbons (Fsp3) is 0.455. The van der Waals surface area contributed by atoms with E-state index in [1.807, 2.05) is 0 Å². The van der Waals surface area contributed by atoms with E-state index in [0.29, 0.717) is 6.04 Å². The molecule has 2 rings (SSSR count). The van der Waals surface area contributed by atoms with Gasteiger partial charge in [-0.15, -0.1) is 0 Å². The molecule has 1 aliphatic heterocycles. The van der Waals surface area contributed by atoms with Crippen LogP contribution >= 0.6 is 23.2 Å². The van der Waals surface area contributed by atoms with Crippen LogP contribution in [0.2, 0.25) is 10.0 Å². The first-order valence-electron chi connectivity index (χ1n) is 5.15. The van der Waals surface area contributed by atoms with Crippen LogP contribution in [0.3, 0.4) is 0 Å². The largest absolute Gasteiger partial charge is 0.382 e. The molecule has 0 bridgehead atoms. The standard InChI is InChI=1S/C11H12Cl2FNO/c12-9-5-8(6-10(13)11(9)14)15-7-1-3-16-4-2-7/h5-7,15H,1-4H2. The first-order valence-corrected chi connectivity index (χ1v) is 5.91. The Morgan fingerprint density at radius 3 is 2.31 bits per heavy atom. The summed E-state index contributed by atoms with van der Waals surface area (Å²) in [4.78, 5) is 0. The second kappa shape index (κ2) is 5.21. The fourth-order valence-electron chi connectivity index (χ4n) is 1.72. The molecule has 0 spiro atoms. The van der Waals surface area contributed by atoms with Gasteiger partial charge in [0.1, 0.15) is 0 Å². The van der Waals surface area contributed by atoms with Gasteiger partial charge in [0, 0.05) is 24.9 Å². The smallest absolute Gasteiger partial charge is 0.160 e. The van der Waals surface area contributed by atoms with E-state index in [-0.39, 0.29) is 10.0 Å². The molecule has 0 aliphatic carbocycles. The van der Waals surface area contributed by atoms with Crippen LogP contribution in [0.5, 0.6) is 0 Å². The molecular weight excluding hydrogens is 252 g/mol. The predicted molar refractivity (Wildman–Crippen MR) is 63.9 cm³/mol. The first-order chi connectivity index (χ1) is 7.66. The van der Waals surface area contributed by atoms with Gasteiger partial charge in [-0.3, -0.25) is 0 Å². The van der Waals surface area contributed by atoms with Crippen LogP contribution in [0.4, 0.5) is 10.1 Å². The van der Waals surface area contributed by atoms with Gasteiger partial charge in [-0.2, -0.15) is 0 Å². The van der Waals surface area contributed by atoms with E-state index in [1.165, 1.54) is 0 Å². The van der Waals surface area contributed by atoms with Crippen LogP contribution in [-0.4, -0.2) is 19.3 Å². The Kier molecular flexibility index (Phi) is 3.90. The van der Waals surface area contributed by atoms with Gasteiger partial charge in [-0.05, 0) is 25.0 Å². The fourth-order valence-corrected chi connectivity index (χ4v) is 2.20. The minimum Gasteiger partial charge on any atom is -0.382 e. The summed E-state index contributed by atoms with van der Waals surface area (Å²) in [6.07, 6.45) is 1.87. The topological polar surface area (TPSA) is 21.3 Å². The zero-order chi connectivity index (χ0) is 11.5. The van der Waals surface area contributed by atoms with Crippen molar-refractivity contribution in [3.8, 4) is 0 Å². The predicted octanol–water partition coefficient (Wildman–Crippen LogP) is 3.72. The molecule has 16 heavy (non-hydrogen) atoms. The second-order valence-electron chi connectivity index (χ2n) is 3.78. The zero-order valence-electron chi connectivity index (χ0n) is 8.60. The lowest BCUT2D eigenvalue weighted by molar-refractivity contribution is 0.0904. The molecule has 2 nitrogen and oxygen atoms in total. The van der Waals surface area contributed by atoms with Gasteiger partial charge in [0.25, 0.3) is 0 Å². The van der Waals surface area contributed by atoms with E-state index >= 15 is 0 Å². The molecule has 1 fully saturated rings. The normalized spacial score (nSPS) is 17.4. The highest BCUT2D eigenvalue weighted by molar-refractivity contribution is 6.35. The lowest BCUT2D eigenvalue weighted by atomic mass is 10.1. The first kappa shape index (κ1) is 12.0. The molecule has 0 saturated carbocycles. The highest BCUT2D eigenvalue weighted by Gasteiger charge is 2.15. The van der Waals surface area contributed by atoms with Crippen LogP contribution in [0.25, 0.3) is 0 Å². The van der Waals surface area contributed by atoms with Crippen molar-refractivity contribution in [2.45, 2.75) is 18.9 Å². The van der Waals surface area contributed by atoms with Gasteiger partial charge in [0.15, 0.2) is 5.82 Å². The highest BCUT2D eigenvalue weighted by atomic mass is 35.5. The molecule has 1 aromatic rings. The molecule has 0 aromatic heterocycles. The summed E-state index contributed by atoms with van der Waals surface area (Å²) in [5.41, 5.74) is 0.753. The molecule has 1 aromatic carbocycles. The number of halogens is 3. The Morgan fingerprint density at radius 1 is 1.19 bits per heavy atom. The maximum absolute atomic E-state index is 13.2. The summed E-state index contributed by atoms with van der Waals surface area (Å²) in [5, 5.41) is 3.36.